The summed E-state index contributed by atoms with van der Waals surface area (Å²) in [5.74, 6) is 0.184. The Morgan fingerprint density at radius 3 is 2.25 bits per heavy atom. The predicted molar refractivity (Wildman–Crippen MR) is 160 cm³/mol. The van der Waals surface area contributed by atoms with Crippen molar-refractivity contribution in [2.45, 2.75) is 32.2 Å². The molecule has 0 spiro atoms. The Bertz CT molecular complexity index is 1390. The molecule has 0 aliphatic rings. The van der Waals surface area contributed by atoms with E-state index in [-0.39, 0.29) is 17.6 Å². The summed E-state index contributed by atoms with van der Waals surface area (Å²) >= 11 is 0. The van der Waals surface area contributed by atoms with E-state index in [2.05, 4.69) is 23.5 Å². The van der Waals surface area contributed by atoms with Gasteiger partial charge in [-0.25, -0.2) is 0 Å². The minimum atomic E-state index is -0.157. The summed E-state index contributed by atoms with van der Waals surface area (Å²) in [6.07, 6.45) is 2.80. The first-order valence-corrected chi connectivity index (χ1v) is 13.8. The standard InChI is InChI=1S/C34H37N3O3/c35-21-22-36-34(40)32-14-5-4-13-31(32)29-12-6-11-28(24-29)25-37(23-20-27-16-18-30(38)19-17-27)33(39)15-7-10-26-8-2-1-3-9-26/h1-6,8-9,11-14,16-19,24,38H,7,10,15,20-23,25,35H2,(H,36,40). The molecule has 0 aromatic heterocycles. The van der Waals surface area contributed by atoms with Crippen molar-refractivity contribution >= 4 is 11.8 Å². The number of nitrogens with two attached hydrogens (primary N) is 1. The van der Waals surface area contributed by atoms with Gasteiger partial charge in [-0.15, -0.1) is 0 Å². The molecule has 2 amide bonds. The van der Waals surface area contributed by atoms with Crippen molar-refractivity contribution in [3.63, 3.8) is 0 Å². The lowest BCUT2D eigenvalue weighted by atomic mass is 9.97. The third-order valence-electron chi connectivity index (χ3n) is 6.87. The second-order valence-electron chi connectivity index (χ2n) is 9.86. The van der Waals surface area contributed by atoms with E-state index in [0.717, 1.165) is 35.1 Å². The van der Waals surface area contributed by atoms with Crippen molar-refractivity contribution in [3.8, 4) is 16.9 Å². The van der Waals surface area contributed by atoms with Crippen LogP contribution >= 0.6 is 0 Å². The van der Waals surface area contributed by atoms with Gasteiger partial charge in [0.05, 0.1) is 0 Å². The fourth-order valence-corrected chi connectivity index (χ4v) is 4.74. The normalized spacial score (nSPS) is 10.7. The molecule has 0 atom stereocenters. The number of benzene rings is 4. The summed E-state index contributed by atoms with van der Waals surface area (Å²) in [5, 5.41) is 12.5. The van der Waals surface area contributed by atoms with Crippen molar-refractivity contribution < 1.29 is 14.7 Å². The van der Waals surface area contributed by atoms with Crippen LogP contribution in [0.15, 0.2) is 103 Å². The molecule has 4 aromatic rings. The smallest absolute Gasteiger partial charge is 0.251 e. The SMILES string of the molecule is NCCNC(=O)c1ccccc1-c1cccc(CN(CCc2ccc(O)cc2)C(=O)CCCc2ccccc2)c1. The fourth-order valence-electron chi connectivity index (χ4n) is 4.74. The van der Waals surface area contributed by atoms with E-state index in [1.807, 2.05) is 77.7 Å². The van der Waals surface area contributed by atoms with E-state index in [9.17, 15) is 14.7 Å². The number of phenolic OH excluding ortho intramolecular Hbond substituents is 1. The van der Waals surface area contributed by atoms with Gasteiger partial charge in [0.15, 0.2) is 0 Å². The molecule has 206 valence electrons. The summed E-state index contributed by atoms with van der Waals surface area (Å²) in [6.45, 7) is 1.83. The summed E-state index contributed by atoms with van der Waals surface area (Å²) in [7, 11) is 0. The molecule has 4 rings (SSSR count). The molecule has 0 bridgehead atoms. The van der Waals surface area contributed by atoms with Crippen LogP contribution in [0.3, 0.4) is 0 Å². The van der Waals surface area contributed by atoms with Gasteiger partial charge in [-0.1, -0.05) is 78.9 Å². The molecule has 4 aromatic carbocycles. The highest BCUT2D eigenvalue weighted by molar-refractivity contribution is 6.00. The van der Waals surface area contributed by atoms with Crippen LogP contribution in [-0.2, 0) is 24.2 Å². The summed E-state index contributed by atoms with van der Waals surface area (Å²) in [4.78, 5) is 28.1. The molecule has 0 heterocycles. The van der Waals surface area contributed by atoms with E-state index in [1.165, 1.54) is 5.56 Å². The van der Waals surface area contributed by atoms with Crippen LogP contribution in [0.1, 0.15) is 39.9 Å². The summed E-state index contributed by atoms with van der Waals surface area (Å²) in [6, 6.07) is 32.9. The van der Waals surface area contributed by atoms with Crippen LogP contribution in [0.5, 0.6) is 5.75 Å². The highest BCUT2D eigenvalue weighted by Gasteiger charge is 2.16. The number of hydrogen-bond acceptors (Lipinski definition) is 4. The van der Waals surface area contributed by atoms with Crippen LogP contribution in [0.4, 0.5) is 0 Å². The zero-order valence-corrected chi connectivity index (χ0v) is 22.8. The fraction of sp³-hybridized carbons (Fsp3) is 0.235. The van der Waals surface area contributed by atoms with Gasteiger partial charge >= 0.3 is 0 Å². The number of carbonyl (C=O) groups excluding carboxylic acids is 2. The topological polar surface area (TPSA) is 95.7 Å². The van der Waals surface area contributed by atoms with Gasteiger partial charge in [-0.3, -0.25) is 9.59 Å². The first-order chi connectivity index (χ1) is 19.5. The number of carbonyl (C=O) groups is 2. The quantitative estimate of drug-likeness (QED) is 0.215. The molecular weight excluding hydrogens is 498 g/mol. The van der Waals surface area contributed by atoms with E-state index in [1.54, 1.807) is 12.1 Å². The molecule has 0 fully saturated rings. The average molecular weight is 536 g/mol. The van der Waals surface area contributed by atoms with Gasteiger partial charge in [0.25, 0.3) is 5.91 Å². The van der Waals surface area contributed by atoms with Gasteiger partial charge in [0.1, 0.15) is 5.75 Å². The molecule has 0 aliphatic carbocycles. The molecule has 0 saturated heterocycles. The Morgan fingerprint density at radius 2 is 1.48 bits per heavy atom. The van der Waals surface area contributed by atoms with Gasteiger partial charge in [-0.05, 0) is 71.3 Å². The average Bonchev–Trinajstić information content (AvgIpc) is 2.99. The number of nitrogens with zero attached hydrogens (tertiary/aromatic N) is 1. The maximum absolute atomic E-state index is 13.4. The monoisotopic (exact) mass is 535 g/mol. The Kier molecular flexibility index (Phi) is 10.5. The zero-order chi connectivity index (χ0) is 28.2. The van der Waals surface area contributed by atoms with Crippen LogP contribution < -0.4 is 11.1 Å². The van der Waals surface area contributed by atoms with Crippen molar-refractivity contribution in [2.24, 2.45) is 5.73 Å². The number of nitrogens with one attached hydrogen (secondary N) is 1. The van der Waals surface area contributed by atoms with Crippen molar-refractivity contribution in [1.82, 2.24) is 10.2 Å². The van der Waals surface area contributed by atoms with E-state index in [4.69, 9.17) is 5.73 Å². The molecule has 0 aliphatic heterocycles. The number of aromatic hydroxyl groups is 1. The van der Waals surface area contributed by atoms with Gasteiger partial charge in [-0.2, -0.15) is 0 Å². The number of amides is 2. The van der Waals surface area contributed by atoms with E-state index in [0.29, 0.717) is 44.6 Å². The summed E-state index contributed by atoms with van der Waals surface area (Å²) < 4.78 is 0. The third kappa shape index (κ3) is 8.29. The van der Waals surface area contributed by atoms with Crippen LogP contribution in [-0.4, -0.2) is 41.5 Å². The molecule has 0 radical (unpaired) electrons. The number of rotatable bonds is 13. The van der Waals surface area contributed by atoms with Crippen LogP contribution in [0.25, 0.3) is 11.1 Å². The van der Waals surface area contributed by atoms with Crippen LogP contribution in [0, 0.1) is 0 Å². The lowest BCUT2D eigenvalue weighted by Gasteiger charge is -2.24. The largest absolute Gasteiger partial charge is 0.508 e. The molecule has 6 nitrogen and oxygen atoms in total. The summed E-state index contributed by atoms with van der Waals surface area (Å²) in [5.41, 5.74) is 11.2. The number of hydrogen-bond donors (Lipinski definition) is 3. The van der Waals surface area contributed by atoms with E-state index >= 15 is 0 Å². The second-order valence-corrected chi connectivity index (χ2v) is 9.86. The minimum Gasteiger partial charge on any atom is -0.508 e. The molecule has 0 unspecified atom stereocenters. The maximum atomic E-state index is 13.4. The van der Waals surface area contributed by atoms with E-state index < -0.39 is 0 Å². The van der Waals surface area contributed by atoms with Gasteiger partial charge in [0.2, 0.25) is 5.91 Å². The molecule has 40 heavy (non-hydrogen) atoms. The number of aryl methyl sites for hydroxylation is 1. The van der Waals surface area contributed by atoms with Gasteiger partial charge < -0.3 is 21.1 Å². The van der Waals surface area contributed by atoms with Crippen LogP contribution in [0.2, 0.25) is 0 Å². The third-order valence-corrected chi connectivity index (χ3v) is 6.87. The highest BCUT2D eigenvalue weighted by atomic mass is 16.3. The Hall–Kier alpha value is -4.42. The minimum absolute atomic E-state index is 0.113. The number of phenols is 1. The molecule has 0 saturated carbocycles. The Labute approximate surface area is 236 Å². The van der Waals surface area contributed by atoms with Crippen molar-refractivity contribution in [1.29, 1.82) is 0 Å². The second kappa shape index (κ2) is 14.7. The lowest BCUT2D eigenvalue weighted by Crippen LogP contribution is -2.32. The van der Waals surface area contributed by atoms with Gasteiger partial charge in [0, 0.05) is 38.2 Å². The van der Waals surface area contributed by atoms with Crippen molar-refractivity contribution in [2.75, 3.05) is 19.6 Å². The predicted octanol–water partition coefficient (Wildman–Crippen LogP) is 5.34. The molecule has 4 N–H and O–H groups in total. The first kappa shape index (κ1) is 28.6. The maximum Gasteiger partial charge on any atom is 0.251 e. The molecule has 6 heteroatoms. The first-order valence-electron chi connectivity index (χ1n) is 13.8. The molecular formula is C34H37N3O3. The Morgan fingerprint density at radius 1 is 0.775 bits per heavy atom. The van der Waals surface area contributed by atoms with Crippen molar-refractivity contribution in [3.05, 3.63) is 125 Å². The zero-order valence-electron chi connectivity index (χ0n) is 22.8. The Balaban J connectivity index is 1.50. The lowest BCUT2D eigenvalue weighted by molar-refractivity contribution is -0.131. The highest BCUT2D eigenvalue weighted by Crippen LogP contribution is 2.25.